The predicted molar refractivity (Wildman–Crippen MR) is 75.3 cm³/mol. The van der Waals surface area contributed by atoms with E-state index >= 15 is 0 Å². The second-order valence-electron chi connectivity index (χ2n) is 6.36. The highest BCUT2D eigenvalue weighted by molar-refractivity contribution is 5.68. The predicted octanol–water partition coefficient (Wildman–Crippen LogP) is 3.24. The number of benzene rings is 1. The van der Waals surface area contributed by atoms with Gasteiger partial charge in [-0.05, 0) is 58.7 Å². The number of carbonyl (C=O) groups is 1. The van der Waals surface area contributed by atoms with Gasteiger partial charge in [0.2, 0.25) is 0 Å². The lowest BCUT2D eigenvalue weighted by Crippen LogP contribution is -2.47. The minimum absolute atomic E-state index is 0.227. The first-order valence-electron chi connectivity index (χ1n) is 6.36. The van der Waals surface area contributed by atoms with E-state index in [0.29, 0.717) is 6.42 Å². The number of alkyl carbamates (subject to hydrolysis) is 1. The highest BCUT2D eigenvalue weighted by atomic mass is 16.6. The second-order valence-corrected chi connectivity index (χ2v) is 6.36. The molecule has 1 rings (SSSR count). The van der Waals surface area contributed by atoms with Crippen molar-refractivity contribution in [2.45, 2.75) is 52.2 Å². The molecule has 4 nitrogen and oxygen atoms in total. The average Bonchev–Trinajstić information content (AvgIpc) is 2.11. The van der Waals surface area contributed by atoms with Gasteiger partial charge in [-0.3, -0.25) is 0 Å². The van der Waals surface area contributed by atoms with Gasteiger partial charge < -0.3 is 15.2 Å². The summed E-state index contributed by atoms with van der Waals surface area (Å²) in [6.45, 7) is 9.32. The van der Waals surface area contributed by atoms with Crippen LogP contribution in [0.3, 0.4) is 0 Å². The van der Waals surface area contributed by atoms with Crippen molar-refractivity contribution in [3.8, 4) is 5.75 Å². The smallest absolute Gasteiger partial charge is 0.408 e. The Morgan fingerprint density at radius 2 is 1.89 bits per heavy atom. The zero-order chi connectivity index (χ0) is 14.7. The minimum atomic E-state index is -0.509. The van der Waals surface area contributed by atoms with E-state index < -0.39 is 17.2 Å². The van der Waals surface area contributed by atoms with Crippen LogP contribution in [0.1, 0.15) is 40.2 Å². The average molecular weight is 265 g/mol. The maximum absolute atomic E-state index is 11.7. The Balaban J connectivity index is 2.63. The van der Waals surface area contributed by atoms with E-state index in [1.165, 1.54) is 0 Å². The van der Waals surface area contributed by atoms with Crippen LogP contribution in [-0.2, 0) is 11.2 Å². The van der Waals surface area contributed by atoms with Gasteiger partial charge in [0.15, 0.2) is 0 Å². The zero-order valence-electron chi connectivity index (χ0n) is 12.3. The summed E-state index contributed by atoms with van der Waals surface area (Å²) >= 11 is 0. The van der Waals surface area contributed by atoms with Crippen LogP contribution < -0.4 is 5.32 Å². The number of nitrogens with one attached hydrogen (secondary N) is 1. The van der Waals surface area contributed by atoms with Crippen molar-refractivity contribution in [2.24, 2.45) is 0 Å². The fraction of sp³-hybridized carbons (Fsp3) is 0.533. The Morgan fingerprint density at radius 3 is 2.42 bits per heavy atom. The topological polar surface area (TPSA) is 58.6 Å². The van der Waals surface area contributed by atoms with E-state index in [9.17, 15) is 9.90 Å². The number of rotatable bonds is 3. The summed E-state index contributed by atoms with van der Waals surface area (Å²) in [7, 11) is 0. The van der Waals surface area contributed by atoms with Gasteiger partial charge in [0.25, 0.3) is 0 Å². The third-order valence-corrected chi connectivity index (χ3v) is 2.40. The van der Waals surface area contributed by atoms with Crippen molar-refractivity contribution >= 4 is 6.09 Å². The molecule has 0 radical (unpaired) electrons. The number of aromatic hydroxyl groups is 1. The van der Waals surface area contributed by atoms with Gasteiger partial charge in [0, 0.05) is 5.54 Å². The molecule has 0 fully saturated rings. The molecular weight excluding hydrogens is 242 g/mol. The number of hydrogen-bond acceptors (Lipinski definition) is 3. The number of amides is 1. The van der Waals surface area contributed by atoms with Gasteiger partial charge in [-0.15, -0.1) is 0 Å². The molecule has 4 heteroatoms. The van der Waals surface area contributed by atoms with Crippen molar-refractivity contribution in [3.63, 3.8) is 0 Å². The molecule has 0 heterocycles. The summed E-state index contributed by atoms with van der Waals surface area (Å²) in [6.07, 6.45) is 0.179. The minimum Gasteiger partial charge on any atom is -0.508 e. The Labute approximate surface area is 114 Å². The normalized spacial score (nSPS) is 12.1. The Kier molecular flexibility index (Phi) is 4.45. The summed E-state index contributed by atoms with van der Waals surface area (Å²) in [5.41, 5.74) is 0.00227. The standard InChI is InChI=1S/C15H23NO3/c1-14(2,3)19-13(18)16-15(4,5)10-11-7-6-8-12(17)9-11/h6-9,17H,10H2,1-5H3,(H,16,18). The van der Waals surface area contributed by atoms with Crippen LogP contribution >= 0.6 is 0 Å². The van der Waals surface area contributed by atoms with Crippen LogP contribution in [0.5, 0.6) is 5.75 Å². The third kappa shape index (κ3) is 6.13. The van der Waals surface area contributed by atoms with Gasteiger partial charge in [-0.2, -0.15) is 0 Å². The number of phenols is 1. The first kappa shape index (κ1) is 15.3. The summed E-state index contributed by atoms with van der Waals surface area (Å²) in [5.74, 6) is 0.227. The van der Waals surface area contributed by atoms with Crippen molar-refractivity contribution in [1.29, 1.82) is 0 Å². The number of phenolic OH excluding ortho intramolecular Hbond substituents is 1. The molecule has 0 aromatic heterocycles. The molecule has 0 atom stereocenters. The van der Waals surface area contributed by atoms with Gasteiger partial charge in [-0.1, -0.05) is 12.1 Å². The van der Waals surface area contributed by atoms with Gasteiger partial charge >= 0.3 is 6.09 Å². The lowest BCUT2D eigenvalue weighted by atomic mass is 9.95. The molecule has 1 aromatic carbocycles. The van der Waals surface area contributed by atoms with Crippen LogP contribution in [0.15, 0.2) is 24.3 Å². The molecule has 0 unspecified atom stereocenters. The molecule has 1 amide bonds. The number of ether oxygens (including phenoxy) is 1. The lowest BCUT2D eigenvalue weighted by molar-refractivity contribution is 0.0472. The SMILES string of the molecule is CC(C)(Cc1cccc(O)c1)NC(=O)OC(C)(C)C. The van der Waals surface area contributed by atoms with Crippen molar-refractivity contribution in [1.82, 2.24) is 5.32 Å². The largest absolute Gasteiger partial charge is 0.508 e. The molecule has 0 saturated carbocycles. The third-order valence-electron chi connectivity index (χ3n) is 2.40. The molecule has 0 saturated heterocycles. The van der Waals surface area contributed by atoms with Crippen LogP contribution in [0, 0.1) is 0 Å². The van der Waals surface area contributed by atoms with E-state index in [1.54, 1.807) is 18.2 Å². The Bertz CT molecular complexity index is 447. The monoisotopic (exact) mass is 265 g/mol. The van der Waals surface area contributed by atoms with E-state index in [0.717, 1.165) is 5.56 Å². The molecule has 0 spiro atoms. The van der Waals surface area contributed by atoms with E-state index in [-0.39, 0.29) is 5.75 Å². The second kappa shape index (κ2) is 5.51. The van der Waals surface area contributed by atoms with Crippen LogP contribution in [0.4, 0.5) is 4.79 Å². The van der Waals surface area contributed by atoms with E-state index in [1.807, 2.05) is 40.7 Å². The highest BCUT2D eigenvalue weighted by Crippen LogP contribution is 2.18. The highest BCUT2D eigenvalue weighted by Gasteiger charge is 2.24. The van der Waals surface area contributed by atoms with Gasteiger partial charge in [0.05, 0.1) is 0 Å². The van der Waals surface area contributed by atoms with Crippen molar-refractivity contribution in [2.75, 3.05) is 0 Å². The van der Waals surface area contributed by atoms with E-state index in [4.69, 9.17) is 4.74 Å². The summed E-state index contributed by atoms with van der Waals surface area (Å²) in [5, 5.41) is 12.3. The molecule has 0 aliphatic carbocycles. The summed E-state index contributed by atoms with van der Waals surface area (Å²) < 4.78 is 5.24. The van der Waals surface area contributed by atoms with Crippen LogP contribution in [0.25, 0.3) is 0 Å². The Morgan fingerprint density at radius 1 is 1.26 bits per heavy atom. The van der Waals surface area contributed by atoms with Crippen molar-refractivity contribution < 1.29 is 14.6 Å². The number of hydrogen-bond donors (Lipinski definition) is 2. The van der Waals surface area contributed by atoms with Crippen molar-refractivity contribution in [3.05, 3.63) is 29.8 Å². The first-order valence-corrected chi connectivity index (χ1v) is 6.36. The summed E-state index contributed by atoms with van der Waals surface area (Å²) in [4.78, 5) is 11.7. The van der Waals surface area contributed by atoms with Crippen LogP contribution in [-0.4, -0.2) is 22.3 Å². The molecule has 0 aliphatic rings. The molecule has 0 aliphatic heterocycles. The molecule has 106 valence electrons. The lowest BCUT2D eigenvalue weighted by Gasteiger charge is -2.28. The Hall–Kier alpha value is -1.71. The molecule has 1 aromatic rings. The van der Waals surface area contributed by atoms with Gasteiger partial charge in [-0.25, -0.2) is 4.79 Å². The maximum atomic E-state index is 11.7. The maximum Gasteiger partial charge on any atom is 0.408 e. The quantitative estimate of drug-likeness (QED) is 0.882. The number of carbonyl (C=O) groups excluding carboxylic acids is 1. The fourth-order valence-corrected chi connectivity index (χ4v) is 1.80. The summed E-state index contributed by atoms with van der Waals surface area (Å²) in [6, 6.07) is 7.02. The molecule has 19 heavy (non-hydrogen) atoms. The van der Waals surface area contributed by atoms with E-state index in [2.05, 4.69) is 5.32 Å². The first-order chi connectivity index (χ1) is 8.57. The zero-order valence-corrected chi connectivity index (χ0v) is 12.3. The fourth-order valence-electron chi connectivity index (χ4n) is 1.80. The molecule has 2 N–H and O–H groups in total. The van der Waals surface area contributed by atoms with Crippen LogP contribution in [0.2, 0.25) is 0 Å². The van der Waals surface area contributed by atoms with Gasteiger partial charge in [0.1, 0.15) is 11.4 Å². The molecular formula is C15H23NO3. The molecule has 0 bridgehead atoms.